The van der Waals surface area contributed by atoms with Crippen molar-refractivity contribution in [1.29, 1.82) is 0 Å². The second-order valence-electron chi connectivity index (χ2n) is 6.30. The molecule has 0 radical (unpaired) electrons. The van der Waals surface area contributed by atoms with E-state index in [-0.39, 0.29) is 19.5 Å². The Morgan fingerprint density at radius 2 is 1.96 bits per heavy atom. The molecule has 2 N–H and O–H groups in total. The van der Waals surface area contributed by atoms with Crippen LogP contribution in [0.2, 0.25) is 0 Å². The van der Waals surface area contributed by atoms with Crippen LogP contribution in [0.15, 0.2) is 12.4 Å². The summed E-state index contributed by atoms with van der Waals surface area (Å²) in [5.74, 6) is -2.92. The molecule has 1 aromatic heterocycles. The van der Waals surface area contributed by atoms with Crippen LogP contribution in [-0.4, -0.2) is 66.1 Å². The van der Waals surface area contributed by atoms with E-state index in [0.717, 1.165) is 26.2 Å². The van der Waals surface area contributed by atoms with Gasteiger partial charge in [-0.05, 0) is 0 Å². The van der Waals surface area contributed by atoms with Crippen molar-refractivity contribution in [3.05, 3.63) is 12.4 Å². The van der Waals surface area contributed by atoms with Crippen molar-refractivity contribution in [1.82, 2.24) is 20.2 Å². The first-order valence-corrected chi connectivity index (χ1v) is 8.17. The molecule has 7 nitrogen and oxygen atoms in total. The number of rotatable bonds is 2. The van der Waals surface area contributed by atoms with Gasteiger partial charge in [-0.25, -0.2) is 23.5 Å². The van der Waals surface area contributed by atoms with Crippen molar-refractivity contribution in [2.45, 2.75) is 19.3 Å². The molecule has 0 saturated carbocycles. The molecule has 0 aromatic carbocycles. The zero-order chi connectivity index (χ0) is 17.2. The number of carbonyl (C=O) groups is 1. The van der Waals surface area contributed by atoms with Gasteiger partial charge in [-0.2, -0.15) is 0 Å². The van der Waals surface area contributed by atoms with Crippen LogP contribution in [0, 0.1) is 5.92 Å². The number of nitrogens with zero attached hydrogens (tertiary/aromatic N) is 4. The first-order valence-electron chi connectivity index (χ1n) is 8.17. The zero-order valence-electron chi connectivity index (χ0n) is 13.6. The summed E-state index contributed by atoms with van der Waals surface area (Å²) in [6.07, 6.45) is 2.79. The molecule has 3 heterocycles. The highest BCUT2D eigenvalue weighted by atomic mass is 19.3. The topological polar surface area (TPSA) is 73.4 Å². The van der Waals surface area contributed by atoms with Crippen molar-refractivity contribution in [3.8, 4) is 0 Å². The molecular formula is C15H22F2N6O. The number of hydrogen-bond acceptors (Lipinski definition) is 5. The zero-order valence-corrected chi connectivity index (χ0v) is 13.6. The normalized spacial score (nSPS) is 23.9. The summed E-state index contributed by atoms with van der Waals surface area (Å²) in [7, 11) is 0. The van der Waals surface area contributed by atoms with Crippen molar-refractivity contribution in [3.63, 3.8) is 0 Å². The number of nitrogens with one attached hydrogen (secondary N) is 2. The highest BCUT2D eigenvalue weighted by Crippen LogP contribution is 2.33. The van der Waals surface area contributed by atoms with E-state index in [2.05, 4.69) is 25.5 Å². The lowest BCUT2D eigenvalue weighted by molar-refractivity contribution is -0.0899. The van der Waals surface area contributed by atoms with Gasteiger partial charge in [0.1, 0.15) is 0 Å². The average molecular weight is 340 g/mol. The Labute approximate surface area is 139 Å². The summed E-state index contributed by atoms with van der Waals surface area (Å²) in [6.45, 7) is 5.00. The second-order valence-corrected chi connectivity index (χ2v) is 6.30. The third-order valence-electron chi connectivity index (χ3n) is 4.51. The fourth-order valence-electron chi connectivity index (χ4n) is 2.89. The predicted octanol–water partition coefficient (Wildman–Crippen LogP) is 1.40. The number of amides is 2. The van der Waals surface area contributed by atoms with E-state index < -0.39 is 17.9 Å². The van der Waals surface area contributed by atoms with Crippen LogP contribution in [0.25, 0.3) is 0 Å². The van der Waals surface area contributed by atoms with E-state index in [1.807, 2.05) is 0 Å². The lowest BCUT2D eigenvalue weighted by Crippen LogP contribution is -2.49. The van der Waals surface area contributed by atoms with E-state index in [1.165, 1.54) is 11.8 Å². The molecule has 2 aliphatic heterocycles. The predicted molar refractivity (Wildman–Crippen MR) is 86.4 cm³/mol. The van der Waals surface area contributed by atoms with Gasteiger partial charge in [0.25, 0.3) is 5.92 Å². The third-order valence-corrected chi connectivity index (χ3v) is 4.51. The molecule has 24 heavy (non-hydrogen) atoms. The Bertz CT molecular complexity index is 576. The molecule has 0 aliphatic carbocycles. The Morgan fingerprint density at radius 1 is 1.29 bits per heavy atom. The largest absolute Gasteiger partial charge is 0.338 e. The van der Waals surface area contributed by atoms with Gasteiger partial charge in [-0.15, -0.1) is 0 Å². The van der Waals surface area contributed by atoms with E-state index >= 15 is 0 Å². The first-order chi connectivity index (χ1) is 11.5. The van der Waals surface area contributed by atoms with Crippen LogP contribution in [-0.2, 0) is 0 Å². The number of likely N-dealkylation sites (tertiary alicyclic amines) is 1. The standard InChI is InChI=1S/C15H22F2N6O/c1-11-10-23(5-2-15(11,16)17)14(24)21-12-8-19-13(20-9-12)22-6-3-18-4-7-22/h8-9,11,18H,2-7,10H2,1H3,(H,21,24). The van der Waals surface area contributed by atoms with Crippen LogP contribution in [0.3, 0.4) is 0 Å². The fraction of sp³-hybridized carbons (Fsp3) is 0.667. The summed E-state index contributed by atoms with van der Waals surface area (Å²) in [6, 6.07) is -0.393. The van der Waals surface area contributed by atoms with Gasteiger partial charge < -0.3 is 20.4 Å². The van der Waals surface area contributed by atoms with E-state index in [4.69, 9.17) is 0 Å². The van der Waals surface area contributed by atoms with Crippen LogP contribution in [0.4, 0.5) is 25.2 Å². The van der Waals surface area contributed by atoms with Gasteiger partial charge in [-0.3, -0.25) is 0 Å². The van der Waals surface area contributed by atoms with Gasteiger partial charge in [-0.1, -0.05) is 6.92 Å². The molecule has 2 saturated heterocycles. The summed E-state index contributed by atoms with van der Waals surface area (Å²) < 4.78 is 27.0. The first kappa shape index (κ1) is 16.8. The summed E-state index contributed by atoms with van der Waals surface area (Å²) in [4.78, 5) is 24.2. The van der Waals surface area contributed by atoms with Gasteiger partial charge >= 0.3 is 6.03 Å². The molecule has 1 unspecified atom stereocenters. The number of carbonyl (C=O) groups excluding carboxylic acids is 1. The molecule has 0 bridgehead atoms. The Kier molecular flexibility index (Phi) is 4.79. The van der Waals surface area contributed by atoms with Gasteiger partial charge in [0.05, 0.1) is 18.1 Å². The number of hydrogen-bond donors (Lipinski definition) is 2. The Morgan fingerprint density at radius 3 is 2.58 bits per heavy atom. The molecule has 0 spiro atoms. The maximum absolute atomic E-state index is 13.5. The SMILES string of the molecule is CC1CN(C(=O)Nc2cnc(N3CCNCC3)nc2)CCC1(F)F. The molecule has 2 fully saturated rings. The third kappa shape index (κ3) is 3.72. The molecule has 2 aliphatic rings. The van der Waals surface area contributed by atoms with E-state index in [9.17, 15) is 13.6 Å². The number of piperidine rings is 1. The number of halogens is 2. The average Bonchev–Trinajstić information content (AvgIpc) is 2.59. The number of piperazine rings is 1. The molecule has 1 atom stereocenters. The minimum absolute atomic E-state index is 0.0402. The maximum Gasteiger partial charge on any atom is 0.321 e. The maximum atomic E-state index is 13.5. The minimum Gasteiger partial charge on any atom is -0.338 e. The van der Waals surface area contributed by atoms with Crippen LogP contribution in [0.1, 0.15) is 13.3 Å². The van der Waals surface area contributed by atoms with Crippen molar-refractivity contribution >= 4 is 17.7 Å². The Hall–Kier alpha value is -2.03. The lowest BCUT2D eigenvalue weighted by atomic mass is 9.96. The van der Waals surface area contributed by atoms with E-state index in [0.29, 0.717) is 11.6 Å². The number of alkyl halides is 2. The Balaban J connectivity index is 1.57. The number of urea groups is 1. The molecular weight excluding hydrogens is 318 g/mol. The highest BCUT2D eigenvalue weighted by Gasteiger charge is 2.42. The molecule has 3 rings (SSSR count). The molecule has 2 amide bonds. The number of anilines is 2. The molecule has 1 aromatic rings. The van der Waals surface area contributed by atoms with Crippen molar-refractivity contribution in [2.75, 3.05) is 49.5 Å². The second kappa shape index (κ2) is 6.84. The summed E-state index contributed by atoms with van der Waals surface area (Å²) in [5, 5.41) is 5.93. The smallest absolute Gasteiger partial charge is 0.321 e. The summed E-state index contributed by atoms with van der Waals surface area (Å²) in [5.41, 5.74) is 0.462. The summed E-state index contributed by atoms with van der Waals surface area (Å²) >= 11 is 0. The lowest BCUT2D eigenvalue weighted by Gasteiger charge is -2.36. The highest BCUT2D eigenvalue weighted by molar-refractivity contribution is 5.89. The minimum atomic E-state index is -2.70. The monoisotopic (exact) mass is 340 g/mol. The van der Waals surface area contributed by atoms with E-state index in [1.54, 1.807) is 12.4 Å². The fourth-order valence-corrected chi connectivity index (χ4v) is 2.89. The van der Waals surface area contributed by atoms with Gasteiger partial charge in [0, 0.05) is 51.6 Å². The van der Waals surface area contributed by atoms with Crippen LogP contribution >= 0.6 is 0 Å². The molecule has 9 heteroatoms. The van der Waals surface area contributed by atoms with Crippen molar-refractivity contribution in [2.24, 2.45) is 5.92 Å². The molecule has 132 valence electrons. The van der Waals surface area contributed by atoms with Crippen LogP contribution in [0.5, 0.6) is 0 Å². The van der Waals surface area contributed by atoms with Crippen molar-refractivity contribution < 1.29 is 13.6 Å². The van der Waals surface area contributed by atoms with Gasteiger partial charge in [0.2, 0.25) is 5.95 Å². The quantitative estimate of drug-likeness (QED) is 0.851. The number of aromatic nitrogens is 2. The van der Waals surface area contributed by atoms with Gasteiger partial charge in [0.15, 0.2) is 0 Å². The van der Waals surface area contributed by atoms with Crippen LogP contribution < -0.4 is 15.5 Å².